The first-order chi connectivity index (χ1) is 9.24. The van der Waals surface area contributed by atoms with Crippen molar-refractivity contribution in [2.45, 2.75) is 18.9 Å². The first-order valence-electron chi connectivity index (χ1n) is 6.41. The Morgan fingerprint density at radius 3 is 3.11 bits per heavy atom. The van der Waals surface area contributed by atoms with Crippen molar-refractivity contribution < 1.29 is 19.4 Å². The van der Waals surface area contributed by atoms with Gasteiger partial charge in [-0.1, -0.05) is 6.07 Å². The molecule has 0 bridgehead atoms. The third-order valence-electron chi connectivity index (χ3n) is 3.18. The summed E-state index contributed by atoms with van der Waals surface area (Å²) in [6.45, 7) is 0.756. The molecule has 1 fully saturated rings. The molecule has 1 aliphatic rings. The quantitative estimate of drug-likeness (QED) is 0.869. The molecule has 2 rings (SSSR count). The first-order valence-corrected chi connectivity index (χ1v) is 6.41. The maximum absolute atomic E-state index is 11.9. The molecule has 1 saturated heterocycles. The zero-order chi connectivity index (χ0) is 13.7. The van der Waals surface area contributed by atoms with E-state index in [1.807, 2.05) is 24.3 Å². The van der Waals surface area contributed by atoms with E-state index in [2.05, 4.69) is 0 Å². The molecule has 1 aromatic carbocycles. The van der Waals surface area contributed by atoms with E-state index >= 15 is 0 Å². The highest BCUT2D eigenvalue weighted by Crippen LogP contribution is 2.24. The lowest BCUT2D eigenvalue weighted by atomic mass is 10.1. The number of benzene rings is 1. The Bertz CT molecular complexity index is 435. The summed E-state index contributed by atoms with van der Waals surface area (Å²) in [5.74, 6) is 0.678. The Morgan fingerprint density at radius 1 is 1.53 bits per heavy atom. The van der Waals surface area contributed by atoms with E-state index in [-0.39, 0.29) is 25.2 Å². The van der Waals surface area contributed by atoms with Crippen molar-refractivity contribution >= 4 is 11.6 Å². The van der Waals surface area contributed by atoms with Crippen LogP contribution in [-0.2, 0) is 9.53 Å². The maximum atomic E-state index is 11.9. The highest BCUT2D eigenvalue weighted by atomic mass is 16.5. The normalized spacial score (nSPS) is 19.6. The highest BCUT2D eigenvalue weighted by Gasteiger charge is 2.27. The van der Waals surface area contributed by atoms with Gasteiger partial charge < -0.3 is 19.5 Å². The van der Waals surface area contributed by atoms with Gasteiger partial charge in [-0.15, -0.1) is 0 Å². The number of rotatable bonds is 5. The van der Waals surface area contributed by atoms with E-state index in [0.717, 1.165) is 17.9 Å². The number of morpholine rings is 1. The van der Waals surface area contributed by atoms with Gasteiger partial charge in [0.1, 0.15) is 12.4 Å². The Labute approximate surface area is 112 Å². The van der Waals surface area contributed by atoms with Crippen molar-refractivity contribution in [2.24, 2.45) is 0 Å². The monoisotopic (exact) mass is 265 g/mol. The van der Waals surface area contributed by atoms with Gasteiger partial charge in [0.25, 0.3) is 5.91 Å². The van der Waals surface area contributed by atoms with Gasteiger partial charge in [0, 0.05) is 18.4 Å². The van der Waals surface area contributed by atoms with Crippen LogP contribution in [0.4, 0.5) is 5.69 Å². The molecule has 1 aliphatic heterocycles. The molecule has 0 aromatic heterocycles. The van der Waals surface area contributed by atoms with Crippen LogP contribution in [0.25, 0.3) is 0 Å². The lowest BCUT2D eigenvalue weighted by Crippen LogP contribution is -2.46. The number of anilines is 1. The van der Waals surface area contributed by atoms with Crippen LogP contribution in [0.1, 0.15) is 12.8 Å². The summed E-state index contributed by atoms with van der Waals surface area (Å²) in [6, 6.07) is 7.43. The molecule has 1 atom stereocenters. The summed E-state index contributed by atoms with van der Waals surface area (Å²) in [5, 5.41) is 8.85. The van der Waals surface area contributed by atoms with E-state index < -0.39 is 0 Å². The van der Waals surface area contributed by atoms with E-state index in [4.69, 9.17) is 14.6 Å². The summed E-state index contributed by atoms with van der Waals surface area (Å²) in [4.78, 5) is 13.6. The van der Waals surface area contributed by atoms with Gasteiger partial charge in [0.05, 0.1) is 19.8 Å². The van der Waals surface area contributed by atoms with Crippen molar-refractivity contribution in [3.8, 4) is 5.75 Å². The second kappa shape index (κ2) is 6.54. The fourth-order valence-electron chi connectivity index (χ4n) is 2.15. The highest BCUT2D eigenvalue weighted by molar-refractivity contribution is 5.95. The van der Waals surface area contributed by atoms with Gasteiger partial charge >= 0.3 is 0 Å². The number of carbonyl (C=O) groups excluding carboxylic acids is 1. The molecule has 5 heteroatoms. The standard InChI is InChI=1S/C14H19NO4/c1-18-12-5-2-4-11(8-12)15-9-13(6-3-7-16)19-10-14(15)17/h2,4-5,8,13,16H,3,6-7,9-10H2,1H3. The third kappa shape index (κ3) is 3.45. The second-order valence-corrected chi connectivity index (χ2v) is 4.50. The predicted molar refractivity (Wildman–Crippen MR) is 71.4 cm³/mol. The largest absolute Gasteiger partial charge is 0.497 e. The van der Waals surface area contributed by atoms with Gasteiger partial charge in [-0.2, -0.15) is 0 Å². The number of amides is 1. The van der Waals surface area contributed by atoms with Crippen LogP contribution in [0.2, 0.25) is 0 Å². The number of hydrogen-bond acceptors (Lipinski definition) is 4. The summed E-state index contributed by atoms with van der Waals surface area (Å²) in [7, 11) is 1.60. The van der Waals surface area contributed by atoms with Crippen LogP contribution in [0.5, 0.6) is 5.75 Å². The molecule has 104 valence electrons. The number of aliphatic hydroxyl groups excluding tert-OH is 1. The SMILES string of the molecule is COc1cccc(N2CC(CCCO)OCC2=O)c1. The zero-order valence-electron chi connectivity index (χ0n) is 11.0. The van der Waals surface area contributed by atoms with E-state index in [0.29, 0.717) is 13.0 Å². The molecule has 1 unspecified atom stereocenters. The fourth-order valence-corrected chi connectivity index (χ4v) is 2.15. The maximum Gasteiger partial charge on any atom is 0.253 e. The second-order valence-electron chi connectivity index (χ2n) is 4.50. The fraction of sp³-hybridized carbons (Fsp3) is 0.500. The Balaban J connectivity index is 2.09. The van der Waals surface area contributed by atoms with Crippen LogP contribution in [0.3, 0.4) is 0 Å². The van der Waals surface area contributed by atoms with Crippen LogP contribution >= 0.6 is 0 Å². The predicted octanol–water partition coefficient (Wildman–Crippen LogP) is 1.20. The van der Waals surface area contributed by atoms with Gasteiger partial charge in [-0.05, 0) is 25.0 Å². The average molecular weight is 265 g/mol. The van der Waals surface area contributed by atoms with E-state index in [1.165, 1.54) is 0 Å². The zero-order valence-corrected chi connectivity index (χ0v) is 11.0. The number of carbonyl (C=O) groups is 1. The van der Waals surface area contributed by atoms with Crippen molar-refractivity contribution in [2.75, 3.05) is 31.8 Å². The topological polar surface area (TPSA) is 59.0 Å². The van der Waals surface area contributed by atoms with Crippen LogP contribution in [0.15, 0.2) is 24.3 Å². The molecule has 0 spiro atoms. The Morgan fingerprint density at radius 2 is 2.37 bits per heavy atom. The van der Waals surface area contributed by atoms with Crippen molar-refractivity contribution in [1.82, 2.24) is 0 Å². The lowest BCUT2D eigenvalue weighted by molar-refractivity contribution is -0.129. The summed E-state index contributed by atoms with van der Waals surface area (Å²) >= 11 is 0. The number of ether oxygens (including phenoxy) is 2. The van der Waals surface area contributed by atoms with Crippen LogP contribution < -0.4 is 9.64 Å². The number of hydrogen-bond donors (Lipinski definition) is 1. The molecule has 1 heterocycles. The molecule has 0 radical (unpaired) electrons. The number of nitrogens with zero attached hydrogens (tertiary/aromatic N) is 1. The molecule has 1 aromatic rings. The summed E-state index contributed by atoms with van der Waals surface area (Å²) in [5.41, 5.74) is 0.821. The van der Waals surface area contributed by atoms with Crippen molar-refractivity contribution in [3.05, 3.63) is 24.3 Å². The summed E-state index contributed by atoms with van der Waals surface area (Å²) < 4.78 is 10.6. The molecule has 5 nitrogen and oxygen atoms in total. The minimum Gasteiger partial charge on any atom is -0.497 e. The summed E-state index contributed by atoms with van der Waals surface area (Å²) in [6.07, 6.45) is 1.42. The third-order valence-corrected chi connectivity index (χ3v) is 3.18. The lowest BCUT2D eigenvalue weighted by Gasteiger charge is -2.32. The number of aliphatic hydroxyl groups is 1. The molecule has 19 heavy (non-hydrogen) atoms. The van der Waals surface area contributed by atoms with E-state index in [9.17, 15) is 4.79 Å². The minimum atomic E-state index is -0.0477. The van der Waals surface area contributed by atoms with Crippen LogP contribution in [0, 0.1) is 0 Å². The van der Waals surface area contributed by atoms with Gasteiger partial charge in [0.2, 0.25) is 0 Å². The van der Waals surface area contributed by atoms with E-state index in [1.54, 1.807) is 12.0 Å². The average Bonchev–Trinajstić information content (AvgIpc) is 2.46. The first kappa shape index (κ1) is 13.8. The Kier molecular flexibility index (Phi) is 4.76. The van der Waals surface area contributed by atoms with Gasteiger partial charge in [-0.25, -0.2) is 0 Å². The minimum absolute atomic E-state index is 0.0175. The molecule has 0 aliphatic carbocycles. The van der Waals surface area contributed by atoms with Crippen LogP contribution in [-0.4, -0.2) is 44.0 Å². The van der Waals surface area contributed by atoms with Gasteiger partial charge in [0.15, 0.2) is 0 Å². The smallest absolute Gasteiger partial charge is 0.253 e. The van der Waals surface area contributed by atoms with Gasteiger partial charge in [-0.3, -0.25) is 4.79 Å². The molecule has 1 N–H and O–H groups in total. The Hall–Kier alpha value is -1.59. The van der Waals surface area contributed by atoms with Crippen molar-refractivity contribution in [1.29, 1.82) is 0 Å². The molecule has 1 amide bonds. The molecule has 0 saturated carbocycles. The molecular weight excluding hydrogens is 246 g/mol. The molecular formula is C14H19NO4. The van der Waals surface area contributed by atoms with Crippen molar-refractivity contribution in [3.63, 3.8) is 0 Å². The number of methoxy groups -OCH3 is 1.